The molecule has 2 aromatic rings. The molecule has 0 aliphatic carbocycles. The summed E-state index contributed by atoms with van der Waals surface area (Å²) in [6.45, 7) is 1.17. The SMILES string of the molecule is NCCCCC(NC(=O)[C@@H]1CCCN1C(=O)Cc1ccc(Br)c2ccccc12)C(=O)NC(CCCN=C(N)N)C(N)=O. The van der Waals surface area contributed by atoms with Gasteiger partial charge in [-0.3, -0.25) is 24.2 Å². The molecule has 12 nitrogen and oxygen atoms in total. The summed E-state index contributed by atoms with van der Waals surface area (Å²) in [5.41, 5.74) is 22.7. The highest BCUT2D eigenvalue weighted by atomic mass is 79.9. The number of rotatable bonds is 15. The zero-order valence-electron chi connectivity index (χ0n) is 23.7. The molecule has 228 valence electrons. The van der Waals surface area contributed by atoms with Gasteiger partial charge in [0.25, 0.3) is 0 Å². The molecule has 4 amide bonds. The topological polar surface area (TPSA) is 212 Å². The van der Waals surface area contributed by atoms with Crippen LogP contribution >= 0.6 is 15.9 Å². The summed E-state index contributed by atoms with van der Waals surface area (Å²) < 4.78 is 0.944. The Labute approximate surface area is 254 Å². The Hall–Kier alpha value is -3.71. The van der Waals surface area contributed by atoms with Crippen molar-refractivity contribution in [2.45, 2.75) is 69.5 Å². The smallest absolute Gasteiger partial charge is 0.243 e. The lowest BCUT2D eigenvalue weighted by molar-refractivity contribution is -0.139. The monoisotopic (exact) mass is 644 g/mol. The first-order chi connectivity index (χ1) is 20.1. The van der Waals surface area contributed by atoms with E-state index in [0.717, 1.165) is 20.8 Å². The molecular formula is C29H41BrN8O4. The van der Waals surface area contributed by atoms with Crippen LogP contribution in [0.2, 0.25) is 0 Å². The summed E-state index contributed by atoms with van der Waals surface area (Å²) in [6, 6.07) is 9.10. The number of fused-ring (bicyclic) bond motifs is 1. The van der Waals surface area contributed by atoms with Crippen molar-refractivity contribution in [3.05, 3.63) is 46.4 Å². The Bertz CT molecular complexity index is 1300. The van der Waals surface area contributed by atoms with Crippen LogP contribution in [-0.4, -0.2) is 72.2 Å². The lowest BCUT2D eigenvalue weighted by atomic mass is 10.0. The number of unbranched alkanes of at least 4 members (excludes halogenated alkanes) is 1. The number of aliphatic imine (C=N–C) groups is 1. The number of amides is 4. The molecule has 0 saturated carbocycles. The molecule has 13 heteroatoms. The Kier molecular flexibility index (Phi) is 12.5. The van der Waals surface area contributed by atoms with Gasteiger partial charge in [-0.2, -0.15) is 0 Å². The molecule has 0 radical (unpaired) electrons. The minimum absolute atomic E-state index is 0.0676. The fourth-order valence-corrected chi connectivity index (χ4v) is 5.65. The maximum Gasteiger partial charge on any atom is 0.243 e. The maximum absolute atomic E-state index is 13.5. The second kappa shape index (κ2) is 16.1. The molecule has 0 bridgehead atoms. The van der Waals surface area contributed by atoms with Crippen LogP contribution in [0.3, 0.4) is 0 Å². The number of nitrogens with zero attached hydrogens (tertiary/aromatic N) is 2. The van der Waals surface area contributed by atoms with Crippen molar-refractivity contribution in [2.75, 3.05) is 19.6 Å². The number of carbonyl (C=O) groups excluding carboxylic acids is 4. The van der Waals surface area contributed by atoms with Crippen LogP contribution in [0.5, 0.6) is 0 Å². The Morgan fingerprint density at radius 3 is 2.36 bits per heavy atom. The second-order valence-electron chi connectivity index (χ2n) is 10.4. The average molecular weight is 646 g/mol. The van der Waals surface area contributed by atoms with Crippen molar-refractivity contribution >= 4 is 56.3 Å². The number of hydrogen-bond donors (Lipinski definition) is 6. The van der Waals surface area contributed by atoms with Gasteiger partial charge in [-0.05, 0) is 73.9 Å². The molecule has 0 spiro atoms. The molecule has 10 N–H and O–H groups in total. The largest absolute Gasteiger partial charge is 0.370 e. The molecule has 2 unspecified atom stereocenters. The third-order valence-electron chi connectivity index (χ3n) is 7.36. The summed E-state index contributed by atoms with van der Waals surface area (Å²) in [7, 11) is 0. The lowest BCUT2D eigenvalue weighted by Gasteiger charge is -2.27. The zero-order chi connectivity index (χ0) is 30.6. The van der Waals surface area contributed by atoms with Crippen molar-refractivity contribution in [1.29, 1.82) is 0 Å². The summed E-state index contributed by atoms with van der Waals surface area (Å²) in [5, 5.41) is 7.47. The molecule has 3 atom stereocenters. The number of carbonyl (C=O) groups is 4. The number of nitrogens with two attached hydrogens (primary N) is 4. The highest BCUT2D eigenvalue weighted by molar-refractivity contribution is 9.10. The number of primary amides is 1. The van der Waals surface area contributed by atoms with Crippen LogP contribution in [-0.2, 0) is 25.6 Å². The first-order valence-electron chi connectivity index (χ1n) is 14.2. The molecule has 0 aromatic heterocycles. The molecular weight excluding hydrogens is 604 g/mol. The van der Waals surface area contributed by atoms with Gasteiger partial charge in [0, 0.05) is 17.6 Å². The third kappa shape index (κ3) is 9.15. The van der Waals surface area contributed by atoms with E-state index >= 15 is 0 Å². The number of benzene rings is 2. The minimum Gasteiger partial charge on any atom is -0.370 e. The highest BCUT2D eigenvalue weighted by Crippen LogP contribution is 2.28. The summed E-state index contributed by atoms with van der Waals surface area (Å²) in [6.07, 6.45) is 3.54. The van der Waals surface area contributed by atoms with Gasteiger partial charge < -0.3 is 38.5 Å². The first-order valence-corrected chi connectivity index (χ1v) is 15.0. The predicted octanol–water partition coefficient (Wildman–Crippen LogP) is 0.773. The number of guanidine groups is 1. The fourth-order valence-electron chi connectivity index (χ4n) is 5.17. The normalized spacial score (nSPS) is 16.0. The number of nitrogens with one attached hydrogen (secondary N) is 2. The number of likely N-dealkylation sites (tertiary alicyclic amines) is 1. The van der Waals surface area contributed by atoms with E-state index in [9.17, 15) is 19.2 Å². The van der Waals surface area contributed by atoms with Gasteiger partial charge in [-0.1, -0.05) is 46.3 Å². The van der Waals surface area contributed by atoms with E-state index in [-0.39, 0.29) is 31.3 Å². The molecule has 1 fully saturated rings. The first kappa shape index (κ1) is 32.8. The van der Waals surface area contributed by atoms with E-state index < -0.39 is 35.8 Å². The van der Waals surface area contributed by atoms with Crippen molar-refractivity contribution in [1.82, 2.24) is 15.5 Å². The molecule has 42 heavy (non-hydrogen) atoms. The average Bonchev–Trinajstić information content (AvgIpc) is 3.46. The predicted molar refractivity (Wildman–Crippen MR) is 166 cm³/mol. The van der Waals surface area contributed by atoms with E-state index in [4.69, 9.17) is 22.9 Å². The Morgan fingerprint density at radius 1 is 0.952 bits per heavy atom. The number of halogens is 1. The molecule has 1 aliphatic heterocycles. The molecule has 1 aliphatic rings. The molecule has 1 heterocycles. The molecule has 1 saturated heterocycles. The molecule has 2 aromatic carbocycles. The van der Waals surface area contributed by atoms with Gasteiger partial charge in [-0.15, -0.1) is 0 Å². The van der Waals surface area contributed by atoms with Gasteiger partial charge >= 0.3 is 0 Å². The van der Waals surface area contributed by atoms with E-state index in [1.807, 2.05) is 36.4 Å². The standard InChI is InChI=1S/C29H41BrN8O4/c30-21-13-12-18(19-7-1-2-8-20(19)21)17-25(39)38-16-6-11-24(38)28(42)37-23(9-3-4-14-31)27(41)36-22(26(32)40)10-5-15-35-29(33)34/h1-2,7-8,12-13,22-24H,3-6,9-11,14-17,31H2,(H2,32,40)(H,36,41)(H,37,42)(H4,33,34,35)/t22?,23?,24-/m0/s1. The highest BCUT2D eigenvalue weighted by Gasteiger charge is 2.36. The van der Waals surface area contributed by atoms with Crippen LogP contribution < -0.4 is 33.6 Å². The van der Waals surface area contributed by atoms with Gasteiger partial charge in [0.2, 0.25) is 23.6 Å². The van der Waals surface area contributed by atoms with Crippen LogP contribution in [0, 0.1) is 0 Å². The van der Waals surface area contributed by atoms with E-state index in [0.29, 0.717) is 51.6 Å². The van der Waals surface area contributed by atoms with Crippen LogP contribution in [0.4, 0.5) is 0 Å². The van der Waals surface area contributed by atoms with E-state index in [1.165, 1.54) is 0 Å². The summed E-state index contributed by atoms with van der Waals surface area (Å²) in [4.78, 5) is 57.6. The lowest BCUT2D eigenvalue weighted by Crippen LogP contribution is -2.56. The van der Waals surface area contributed by atoms with Crippen LogP contribution in [0.1, 0.15) is 50.5 Å². The van der Waals surface area contributed by atoms with Gasteiger partial charge in [0.1, 0.15) is 18.1 Å². The fraction of sp³-hybridized carbons (Fsp3) is 0.483. The third-order valence-corrected chi connectivity index (χ3v) is 8.06. The zero-order valence-corrected chi connectivity index (χ0v) is 25.3. The van der Waals surface area contributed by atoms with Gasteiger partial charge in [-0.25, -0.2) is 0 Å². The Morgan fingerprint density at radius 2 is 1.67 bits per heavy atom. The minimum atomic E-state index is -0.953. The van der Waals surface area contributed by atoms with Crippen molar-refractivity contribution in [2.24, 2.45) is 27.9 Å². The van der Waals surface area contributed by atoms with Gasteiger partial charge in [0.15, 0.2) is 5.96 Å². The second-order valence-corrected chi connectivity index (χ2v) is 11.3. The van der Waals surface area contributed by atoms with Crippen molar-refractivity contribution < 1.29 is 19.2 Å². The van der Waals surface area contributed by atoms with Crippen LogP contribution in [0.25, 0.3) is 10.8 Å². The maximum atomic E-state index is 13.5. The van der Waals surface area contributed by atoms with Gasteiger partial charge in [0.05, 0.1) is 6.42 Å². The summed E-state index contributed by atoms with van der Waals surface area (Å²) in [5.74, 6) is -1.85. The van der Waals surface area contributed by atoms with E-state index in [2.05, 4.69) is 31.6 Å². The summed E-state index contributed by atoms with van der Waals surface area (Å²) >= 11 is 3.56. The van der Waals surface area contributed by atoms with Crippen molar-refractivity contribution in [3.8, 4) is 0 Å². The quantitative estimate of drug-likeness (QED) is 0.0930. The number of hydrogen-bond acceptors (Lipinski definition) is 6. The van der Waals surface area contributed by atoms with Crippen LogP contribution in [0.15, 0.2) is 45.9 Å². The van der Waals surface area contributed by atoms with E-state index in [1.54, 1.807) is 4.90 Å². The molecule has 3 rings (SSSR count). The van der Waals surface area contributed by atoms with Crippen molar-refractivity contribution in [3.63, 3.8) is 0 Å². The Balaban J connectivity index is 1.68.